The van der Waals surface area contributed by atoms with Gasteiger partial charge in [-0.05, 0) is 42.3 Å². The van der Waals surface area contributed by atoms with Crippen molar-refractivity contribution in [2.24, 2.45) is 0 Å². The molecule has 0 aliphatic rings. The van der Waals surface area contributed by atoms with Gasteiger partial charge in [0.25, 0.3) is 0 Å². The minimum absolute atomic E-state index is 0.0186. The largest absolute Gasteiger partial charge is 0.399 e. The van der Waals surface area contributed by atoms with E-state index in [1.807, 2.05) is 37.3 Å². The lowest BCUT2D eigenvalue weighted by atomic mass is 10.1. The van der Waals surface area contributed by atoms with E-state index >= 15 is 0 Å². The Balaban J connectivity index is 1.95. The fourth-order valence-corrected chi connectivity index (χ4v) is 1.92. The summed E-state index contributed by atoms with van der Waals surface area (Å²) < 4.78 is 0. The van der Waals surface area contributed by atoms with Crippen LogP contribution in [0.25, 0.3) is 0 Å². The summed E-state index contributed by atoms with van der Waals surface area (Å²) >= 11 is 0. The van der Waals surface area contributed by atoms with E-state index in [9.17, 15) is 4.79 Å². The lowest BCUT2D eigenvalue weighted by molar-refractivity contribution is -0.121. The van der Waals surface area contributed by atoms with Crippen LogP contribution in [0.3, 0.4) is 0 Å². The third-order valence-electron chi connectivity index (χ3n) is 2.90. The molecule has 0 saturated carbocycles. The van der Waals surface area contributed by atoms with Gasteiger partial charge in [-0.2, -0.15) is 0 Å². The van der Waals surface area contributed by atoms with E-state index in [2.05, 4.69) is 10.3 Å². The first-order valence-electron chi connectivity index (χ1n) is 6.19. The standard InChI is InChI=1S/C15H17N3O/c1-11(13-5-7-17-8-6-13)18-15(19)10-12-3-2-4-14(16)9-12/h2-9,11H,10,16H2,1H3,(H,18,19)/t11-/m0/s1. The maximum absolute atomic E-state index is 11.9. The number of hydrogen-bond donors (Lipinski definition) is 2. The van der Waals surface area contributed by atoms with Crippen LogP contribution in [0.5, 0.6) is 0 Å². The van der Waals surface area contributed by atoms with Gasteiger partial charge < -0.3 is 11.1 Å². The van der Waals surface area contributed by atoms with Crippen LogP contribution in [0.1, 0.15) is 24.1 Å². The lowest BCUT2D eigenvalue weighted by Crippen LogP contribution is -2.28. The fourth-order valence-electron chi connectivity index (χ4n) is 1.92. The number of nitrogens with zero attached hydrogens (tertiary/aromatic N) is 1. The van der Waals surface area contributed by atoms with E-state index in [1.165, 1.54) is 0 Å². The molecule has 98 valence electrons. The Labute approximate surface area is 112 Å². The van der Waals surface area contributed by atoms with Gasteiger partial charge in [-0.3, -0.25) is 9.78 Å². The number of nitrogen functional groups attached to an aromatic ring is 1. The van der Waals surface area contributed by atoms with E-state index in [0.717, 1.165) is 11.1 Å². The molecule has 0 fully saturated rings. The summed E-state index contributed by atoms with van der Waals surface area (Å²) in [5, 5.41) is 2.96. The van der Waals surface area contributed by atoms with E-state index < -0.39 is 0 Å². The number of benzene rings is 1. The molecule has 4 nitrogen and oxygen atoms in total. The summed E-state index contributed by atoms with van der Waals surface area (Å²) in [5.74, 6) is -0.0186. The number of nitrogens with one attached hydrogen (secondary N) is 1. The Morgan fingerprint density at radius 2 is 2.05 bits per heavy atom. The van der Waals surface area contributed by atoms with Crippen molar-refractivity contribution in [3.63, 3.8) is 0 Å². The van der Waals surface area contributed by atoms with Crippen molar-refractivity contribution in [3.05, 3.63) is 59.9 Å². The molecule has 1 aromatic carbocycles. The SMILES string of the molecule is C[C@H](NC(=O)Cc1cccc(N)c1)c1ccncc1. The van der Waals surface area contributed by atoms with Gasteiger partial charge in [-0.1, -0.05) is 12.1 Å². The molecule has 1 atom stereocenters. The number of hydrogen-bond acceptors (Lipinski definition) is 3. The summed E-state index contributed by atoms with van der Waals surface area (Å²) in [7, 11) is 0. The molecule has 2 rings (SSSR count). The average molecular weight is 255 g/mol. The normalized spacial score (nSPS) is 11.8. The molecule has 19 heavy (non-hydrogen) atoms. The quantitative estimate of drug-likeness (QED) is 0.822. The molecular weight excluding hydrogens is 238 g/mol. The van der Waals surface area contributed by atoms with Crippen LogP contribution in [0.15, 0.2) is 48.8 Å². The van der Waals surface area contributed by atoms with Crippen LogP contribution >= 0.6 is 0 Å². The molecule has 0 aliphatic carbocycles. The van der Waals surface area contributed by atoms with Gasteiger partial charge in [-0.15, -0.1) is 0 Å². The van der Waals surface area contributed by atoms with Crippen LogP contribution in [-0.2, 0) is 11.2 Å². The first kappa shape index (κ1) is 13.1. The Kier molecular flexibility index (Phi) is 4.13. The summed E-state index contributed by atoms with van der Waals surface area (Å²) in [4.78, 5) is 15.9. The summed E-state index contributed by atoms with van der Waals surface area (Å²) in [6, 6.07) is 11.1. The third kappa shape index (κ3) is 3.81. The molecule has 0 saturated heterocycles. The van der Waals surface area contributed by atoms with Crippen molar-refractivity contribution in [1.82, 2.24) is 10.3 Å². The van der Waals surface area contributed by atoms with Gasteiger partial charge in [0.2, 0.25) is 5.91 Å². The Bertz CT molecular complexity index is 554. The second-order valence-corrected chi connectivity index (χ2v) is 4.49. The zero-order chi connectivity index (χ0) is 13.7. The van der Waals surface area contributed by atoms with E-state index in [-0.39, 0.29) is 11.9 Å². The van der Waals surface area contributed by atoms with Gasteiger partial charge in [0.1, 0.15) is 0 Å². The smallest absolute Gasteiger partial charge is 0.224 e. The molecule has 0 radical (unpaired) electrons. The van der Waals surface area contributed by atoms with Crippen LogP contribution in [0.2, 0.25) is 0 Å². The number of anilines is 1. The topological polar surface area (TPSA) is 68.0 Å². The number of aromatic nitrogens is 1. The van der Waals surface area contributed by atoms with Gasteiger partial charge in [-0.25, -0.2) is 0 Å². The zero-order valence-corrected chi connectivity index (χ0v) is 10.8. The van der Waals surface area contributed by atoms with Gasteiger partial charge in [0.05, 0.1) is 12.5 Å². The van der Waals surface area contributed by atoms with Crippen LogP contribution < -0.4 is 11.1 Å². The fraction of sp³-hybridized carbons (Fsp3) is 0.200. The van der Waals surface area contributed by atoms with Crippen molar-refractivity contribution in [3.8, 4) is 0 Å². The number of nitrogens with two attached hydrogens (primary N) is 1. The minimum Gasteiger partial charge on any atom is -0.399 e. The number of rotatable bonds is 4. The number of pyridine rings is 1. The Morgan fingerprint density at radius 3 is 2.74 bits per heavy atom. The van der Waals surface area contributed by atoms with Crippen molar-refractivity contribution in [2.45, 2.75) is 19.4 Å². The molecule has 1 heterocycles. The molecule has 1 amide bonds. The van der Waals surface area contributed by atoms with Gasteiger partial charge >= 0.3 is 0 Å². The number of carbonyl (C=O) groups excluding carboxylic acids is 1. The first-order valence-corrected chi connectivity index (χ1v) is 6.19. The first-order chi connectivity index (χ1) is 9.15. The molecule has 2 aromatic rings. The van der Waals surface area contributed by atoms with E-state index in [4.69, 9.17) is 5.73 Å². The molecule has 1 aromatic heterocycles. The Hall–Kier alpha value is -2.36. The van der Waals surface area contributed by atoms with Crippen molar-refractivity contribution in [2.75, 3.05) is 5.73 Å². The molecule has 0 spiro atoms. The Morgan fingerprint density at radius 1 is 1.32 bits per heavy atom. The van der Waals surface area contributed by atoms with Crippen LogP contribution in [-0.4, -0.2) is 10.9 Å². The highest BCUT2D eigenvalue weighted by Gasteiger charge is 2.09. The van der Waals surface area contributed by atoms with Gasteiger partial charge in [0, 0.05) is 18.1 Å². The lowest BCUT2D eigenvalue weighted by Gasteiger charge is -2.14. The molecule has 0 unspecified atom stereocenters. The predicted octanol–water partition coefficient (Wildman–Crippen LogP) is 2.08. The monoisotopic (exact) mass is 255 g/mol. The second-order valence-electron chi connectivity index (χ2n) is 4.49. The second kappa shape index (κ2) is 6.00. The predicted molar refractivity (Wildman–Crippen MR) is 75.4 cm³/mol. The summed E-state index contributed by atoms with van der Waals surface area (Å²) in [6.07, 6.45) is 3.77. The number of carbonyl (C=O) groups is 1. The highest BCUT2D eigenvalue weighted by Crippen LogP contribution is 2.11. The van der Waals surface area contributed by atoms with Crippen LogP contribution in [0, 0.1) is 0 Å². The maximum Gasteiger partial charge on any atom is 0.224 e. The van der Waals surface area contributed by atoms with Crippen molar-refractivity contribution < 1.29 is 4.79 Å². The highest BCUT2D eigenvalue weighted by atomic mass is 16.1. The summed E-state index contributed by atoms with van der Waals surface area (Å²) in [5.41, 5.74) is 8.32. The molecule has 3 N–H and O–H groups in total. The van der Waals surface area contributed by atoms with E-state index in [1.54, 1.807) is 18.5 Å². The molecule has 4 heteroatoms. The zero-order valence-electron chi connectivity index (χ0n) is 10.8. The number of amides is 1. The van der Waals surface area contributed by atoms with Crippen molar-refractivity contribution >= 4 is 11.6 Å². The minimum atomic E-state index is -0.0310. The molecule has 0 bridgehead atoms. The molecular formula is C15H17N3O. The van der Waals surface area contributed by atoms with E-state index in [0.29, 0.717) is 12.1 Å². The van der Waals surface area contributed by atoms with Gasteiger partial charge in [0.15, 0.2) is 0 Å². The van der Waals surface area contributed by atoms with Crippen LogP contribution in [0.4, 0.5) is 5.69 Å². The average Bonchev–Trinajstić information content (AvgIpc) is 2.39. The summed E-state index contributed by atoms with van der Waals surface area (Å²) in [6.45, 7) is 1.95. The molecule has 0 aliphatic heterocycles. The third-order valence-corrected chi connectivity index (χ3v) is 2.90. The van der Waals surface area contributed by atoms with Crippen molar-refractivity contribution in [1.29, 1.82) is 0 Å². The maximum atomic E-state index is 11.9. The highest BCUT2D eigenvalue weighted by molar-refractivity contribution is 5.79.